The summed E-state index contributed by atoms with van der Waals surface area (Å²) in [6.45, 7) is -0.238. The fourth-order valence-electron chi connectivity index (χ4n) is 1.35. The third-order valence-electron chi connectivity index (χ3n) is 2.42. The number of amides is 3. The lowest BCUT2D eigenvalue weighted by Crippen LogP contribution is -2.42. The van der Waals surface area contributed by atoms with Crippen LogP contribution in [-0.2, 0) is 4.79 Å². The topological polar surface area (TPSA) is 67.4 Å². The van der Waals surface area contributed by atoms with E-state index in [2.05, 4.69) is 26.6 Å². The molecule has 3 amide bonds. The van der Waals surface area contributed by atoms with E-state index in [4.69, 9.17) is 16.3 Å². The second-order valence-electron chi connectivity index (χ2n) is 4.16. The lowest BCUT2D eigenvalue weighted by molar-refractivity contribution is -0.122. The third kappa shape index (κ3) is 4.72. The largest absolute Gasteiger partial charge is 0.483 e. The summed E-state index contributed by atoms with van der Waals surface area (Å²) in [6, 6.07) is 4.68. The van der Waals surface area contributed by atoms with Crippen molar-refractivity contribution in [3.63, 3.8) is 0 Å². The second-order valence-corrected chi connectivity index (χ2v) is 5.45. The number of carbonyl (C=O) groups is 2. The first-order valence-corrected chi connectivity index (χ1v) is 6.90. The summed E-state index contributed by atoms with van der Waals surface area (Å²) < 4.78 is 5.93. The normalized spacial score (nSPS) is 13.8. The summed E-state index contributed by atoms with van der Waals surface area (Å²) in [5, 5.41) is 5.41. The van der Waals surface area contributed by atoms with Crippen molar-refractivity contribution in [2.24, 2.45) is 0 Å². The molecule has 0 spiro atoms. The zero-order chi connectivity index (χ0) is 13.8. The van der Waals surface area contributed by atoms with E-state index in [1.54, 1.807) is 18.2 Å². The van der Waals surface area contributed by atoms with Crippen LogP contribution < -0.4 is 15.4 Å². The average molecular weight is 348 g/mol. The van der Waals surface area contributed by atoms with Crippen molar-refractivity contribution < 1.29 is 14.3 Å². The number of ether oxygens (including phenoxy) is 1. The van der Waals surface area contributed by atoms with Gasteiger partial charge in [0.25, 0.3) is 5.91 Å². The Kier molecular flexibility index (Phi) is 4.66. The van der Waals surface area contributed by atoms with Crippen LogP contribution in [0.25, 0.3) is 0 Å². The van der Waals surface area contributed by atoms with Gasteiger partial charge in [-0.25, -0.2) is 4.79 Å². The molecular weight excluding hydrogens is 336 g/mol. The number of rotatable bonds is 4. The van der Waals surface area contributed by atoms with E-state index < -0.39 is 11.9 Å². The third-order valence-corrected chi connectivity index (χ3v) is 3.27. The van der Waals surface area contributed by atoms with Gasteiger partial charge in [0.05, 0.1) is 4.47 Å². The van der Waals surface area contributed by atoms with Gasteiger partial charge in [0, 0.05) is 11.1 Å². The van der Waals surface area contributed by atoms with Crippen molar-refractivity contribution in [3.05, 3.63) is 27.7 Å². The molecule has 7 heteroatoms. The van der Waals surface area contributed by atoms with Crippen molar-refractivity contribution in [2.75, 3.05) is 6.61 Å². The van der Waals surface area contributed by atoms with Crippen LogP contribution in [0.4, 0.5) is 4.79 Å². The Morgan fingerprint density at radius 3 is 2.79 bits per heavy atom. The fourth-order valence-corrected chi connectivity index (χ4v) is 2.14. The second kappa shape index (κ2) is 6.25. The quantitative estimate of drug-likeness (QED) is 0.879. The summed E-state index contributed by atoms with van der Waals surface area (Å²) in [5.74, 6) is -0.0119. The highest BCUT2D eigenvalue weighted by Gasteiger charge is 2.23. The van der Waals surface area contributed by atoms with E-state index in [0.29, 0.717) is 15.2 Å². The van der Waals surface area contributed by atoms with Crippen LogP contribution in [0.15, 0.2) is 22.7 Å². The number of hydrogen-bond donors (Lipinski definition) is 2. The molecule has 0 aromatic heterocycles. The molecule has 1 aliphatic carbocycles. The average Bonchev–Trinajstić information content (AvgIpc) is 3.11. The molecule has 0 radical (unpaired) electrons. The number of carbonyl (C=O) groups excluding carboxylic acids is 2. The molecule has 19 heavy (non-hydrogen) atoms. The molecule has 1 aromatic carbocycles. The summed E-state index contributed by atoms with van der Waals surface area (Å²) in [5.41, 5.74) is 0. The van der Waals surface area contributed by atoms with Gasteiger partial charge >= 0.3 is 6.03 Å². The first-order chi connectivity index (χ1) is 9.04. The Labute approximate surface area is 123 Å². The lowest BCUT2D eigenvalue weighted by Gasteiger charge is -2.09. The molecule has 2 rings (SSSR count). The molecule has 2 N–H and O–H groups in total. The maximum absolute atomic E-state index is 11.5. The number of imide groups is 1. The minimum atomic E-state index is -0.500. The Hall–Kier alpha value is -1.27. The van der Waals surface area contributed by atoms with E-state index in [1.165, 1.54) is 0 Å². The number of nitrogens with one attached hydrogen (secondary N) is 2. The first-order valence-electron chi connectivity index (χ1n) is 5.73. The molecule has 0 saturated heterocycles. The van der Waals surface area contributed by atoms with Crippen LogP contribution >= 0.6 is 27.5 Å². The van der Waals surface area contributed by atoms with Gasteiger partial charge in [0.1, 0.15) is 5.75 Å². The van der Waals surface area contributed by atoms with Crippen LogP contribution in [0.1, 0.15) is 12.8 Å². The van der Waals surface area contributed by atoms with Crippen LogP contribution in [0.3, 0.4) is 0 Å². The van der Waals surface area contributed by atoms with Crippen molar-refractivity contribution in [1.29, 1.82) is 0 Å². The molecule has 0 atom stereocenters. The minimum Gasteiger partial charge on any atom is -0.483 e. The highest BCUT2D eigenvalue weighted by atomic mass is 79.9. The summed E-state index contributed by atoms with van der Waals surface area (Å²) in [6.07, 6.45) is 1.94. The van der Waals surface area contributed by atoms with Gasteiger partial charge < -0.3 is 10.1 Å². The van der Waals surface area contributed by atoms with Gasteiger partial charge in [-0.3, -0.25) is 10.1 Å². The summed E-state index contributed by atoms with van der Waals surface area (Å²) in [7, 11) is 0. The van der Waals surface area contributed by atoms with Gasteiger partial charge in [0.15, 0.2) is 6.61 Å². The smallest absolute Gasteiger partial charge is 0.321 e. The first kappa shape index (κ1) is 14.1. The maximum atomic E-state index is 11.5. The molecule has 1 fully saturated rings. The Bertz CT molecular complexity index is 506. The van der Waals surface area contributed by atoms with Crippen molar-refractivity contribution >= 4 is 39.5 Å². The zero-order valence-electron chi connectivity index (χ0n) is 9.91. The highest BCUT2D eigenvalue weighted by molar-refractivity contribution is 9.10. The molecular formula is C12H12BrClN2O3. The van der Waals surface area contributed by atoms with Crippen LogP contribution in [0.2, 0.25) is 5.02 Å². The van der Waals surface area contributed by atoms with E-state index in [-0.39, 0.29) is 12.6 Å². The van der Waals surface area contributed by atoms with E-state index >= 15 is 0 Å². The van der Waals surface area contributed by atoms with Crippen molar-refractivity contribution in [2.45, 2.75) is 18.9 Å². The molecule has 5 nitrogen and oxygen atoms in total. The number of halogens is 2. The summed E-state index contributed by atoms with van der Waals surface area (Å²) >= 11 is 9.05. The Balaban J connectivity index is 1.77. The predicted molar refractivity (Wildman–Crippen MR) is 74.3 cm³/mol. The van der Waals surface area contributed by atoms with Gasteiger partial charge in [0.2, 0.25) is 0 Å². The molecule has 102 valence electrons. The van der Waals surface area contributed by atoms with Crippen molar-refractivity contribution in [1.82, 2.24) is 10.6 Å². The minimum absolute atomic E-state index is 0.208. The van der Waals surface area contributed by atoms with Gasteiger partial charge in [-0.2, -0.15) is 0 Å². The Morgan fingerprint density at radius 2 is 2.16 bits per heavy atom. The monoisotopic (exact) mass is 346 g/mol. The van der Waals surface area contributed by atoms with Crippen molar-refractivity contribution in [3.8, 4) is 5.75 Å². The standard InChI is InChI=1S/C12H12BrClN2O3/c13-9-5-7(14)1-4-10(9)19-6-11(17)16-12(18)15-8-2-3-8/h1,4-5,8H,2-3,6H2,(H2,15,16,17,18). The Morgan fingerprint density at radius 1 is 1.42 bits per heavy atom. The van der Waals surface area contributed by atoms with Crippen LogP contribution in [0, 0.1) is 0 Å². The highest BCUT2D eigenvalue weighted by Crippen LogP contribution is 2.27. The number of benzene rings is 1. The van der Waals surface area contributed by atoms with E-state index in [9.17, 15) is 9.59 Å². The van der Waals surface area contributed by atoms with Gasteiger partial charge in [-0.15, -0.1) is 0 Å². The number of urea groups is 1. The lowest BCUT2D eigenvalue weighted by atomic mass is 10.3. The predicted octanol–water partition coefficient (Wildman–Crippen LogP) is 2.47. The molecule has 1 aliphatic rings. The van der Waals surface area contributed by atoms with E-state index in [0.717, 1.165) is 12.8 Å². The fraction of sp³-hybridized carbons (Fsp3) is 0.333. The maximum Gasteiger partial charge on any atom is 0.321 e. The zero-order valence-corrected chi connectivity index (χ0v) is 12.3. The SMILES string of the molecule is O=C(COc1ccc(Cl)cc1Br)NC(=O)NC1CC1. The van der Waals surface area contributed by atoms with Crippen LogP contribution in [-0.4, -0.2) is 24.6 Å². The van der Waals surface area contributed by atoms with Gasteiger partial charge in [-0.1, -0.05) is 11.6 Å². The molecule has 1 aromatic rings. The molecule has 0 aliphatic heterocycles. The molecule has 0 bridgehead atoms. The van der Waals surface area contributed by atoms with E-state index in [1.807, 2.05) is 0 Å². The van der Waals surface area contributed by atoms with Gasteiger partial charge in [-0.05, 0) is 47.0 Å². The van der Waals surface area contributed by atoms with Crippen LogP contribution in [0.5, 0.6) is 5.75 Å². The number of hydrogen-bond acceptors (Lipinski definition) is 3. The molecule has 0 unspecified atom stereocenters. The molecule has 0 heterocycles. The summed E-state index contributed by atoms with van der Waals surface area (Å²) in [4.78, 5) is 22.8. The molecule has 1 saturated carbocycles.